The molecule has 3 aromatic rings. The van der Waals surface area contributed by atoms with Gasteiger partial charge < -0.3 is 14.4 Å². The lowest BCUT2D eigenvalue weighted by atomic mass is 10.1. The first-order valence-electron chi connectivity index (χ1n) is 7.91. The molecule has 1 heterocycles. The molecular weight excluding hydrogens is 382 g/mol. The molecule has 0 aliphatic heterocycles. The first kappa shape index (κ1) is 17.3. The van der Waals surface area contributed by atoms with Crippen molar-refractivity contribution in [3.8, 4) is 22.7 Å². The number of methoxy groups -OCH3 is 1. The molecule has 3 rings (SSSR count). The van der Waals surface area contributed by atoms with E-state index in [1.54, 1.807) is 7.11 Å². The zero-order valence-electron chi connectivity index (χ0n) is 13.8. The van der Waals surface area contributed by atoms with Crippen LogP contribution in [0.15, 0.2) is 65.1 Å². The van der Waals surface area contributed by atoms with Gasteiger partial charge in [0.05, 0.1) is 19.2 Å². The predicted molar refractivity (Wildman–Crippen MR) is 101 cm³/mol. The lowest BCUT2D eigenvalue weighted by Crippen LogP contribution is -2.05. The smallest absolute Gasteiger partial charge is 0.303 e. The Bertz CT molecular complexity index is 867. The van der Waals surface area contributed by atoms with Crippen molar-refractivity contribution in [1.82, 2.24) is 4.57 Å². The first-order chi connectivity index (χ1) is 12.1. The van der Waals surface area contributed by atoms with Crippen LogP contribution < -0.4 is 4.74 Å². The van der Waals surface area contributed by atoms with Gasteiger partial charge in [0.1, 0.15) is 5.75 Å². The molecule has 0 atom stereocenters. The summed E-state index contributed by atoms with van der Waals surface area (Å²) >= 11 is 3.46. The van der Waals surface area contributed by atoms with Crippen LogP contribution >= 0.6 is 15.9 Å². The van der Waals surface area contributed by atoms with Gasteiger partial charge in [0.25, 0.3) is 0 Å². The second-order valence-corrected chi connectivity index (χ2v) is 6.56. The minimum absolute atomic E-state index is 0.0998. The number of aliphatic carboxylic acids is 1. The minimum Gasteiger partial charge on any atom is -0.497 e. The second-order valence-electron chi connectivity index (χ2n) is 5.64. The molecule has 1 aromatic heterocycles. The number of hydrogen-bond acceptors (Lipinski definition) is 2. The molecule has 0 amide bonds. The minimum atomic E-state index is -0.797. The van der Waals surface area contributed by atoms with Crippen molar-refractivity contribution in [2.24, 2.45) is 0 Å². The maximum atomic E-state index is 11.0. The third-order valence-electron chi connectivity index (χ3n) is 4.03. The lowest BCUT2D eigenvalue weighted by Gasteiger charge is -2.14. The molecule has 0 fully saturated rings. The summed E-state index contributed by atoms with van der Waals surface area (Å²) in [5.74, 6) is 0.00570. The van der Waals surface area contributed by atoms with Crippen LogP contribution in [0.2, 0.25) is 0 Å². The van der Waals surface area contributed by atoms with Crippen molar-refractivity contribution >= 4 is 21.9 Å². The highest BCUT2D eigenvalue weighted by Crippen LogP contribution is 2.29. The molecule has 1 N–H and O–H groups in total. The number of carboxylic acid groups (broad SMARTS) is 1. The van der Waals surface area contributed by atoms with E-state index in [4.69, 9.17) is 9.84 Å². The van der Waals surface area contributed by atoms with Gasteiger partial charge >= 0.3 is 5.97 Å². The fraction of sp³-hybridized carbons (Fsp3) is 0.150. The van der Waals surface area contributed by atoms with Crippen molar-refractivity contribution in [2.75, 3.05) is 7.11 Å². The molecule has 0 spiro atoms. The van der Waals surface area contributed by atoms with E-state index < -0.39 is 5.97 Å². The molecule has 2 aromatic carbocycles. The summed E-state index contributed by atoms with van der Waals surface area (Å²) in [7, 11) is 1.64. The summed E-state index contributed by atoms with van der Waals surface area (Å²) in [6, 6.07) is 19.9. The van der Waals surface area contributed by atoms with Crippen LogP contribution in [0, 0.1) is 0 Å². The van der Waals surface area contributed by atoms with Crippen LogP contribution in [-0.2, 0) is 11.2 Å². The third kappa shape index (κ3) is 3.94. The van der Waals surface area contributed by atoms with E-state index in [-0.39, 0.29) is 6.42 Å². The molecular formula is C20H18BrNO3. The number of halogens is 1. The Hall–Kier alpha value is -2.53. The normalized spacial score (nSPS) is 10.6. The van der Waals surface area contributed by atoms with Gasteiger partial charge in [0, 0.05) is 15.9 Å². The van der Waals surface area contributed by atoms with E-state index >= 15 is 0 Å². The first-order valence-corrected chi connectivity index (χ1v) is 8.70. The Morgan fingerprint density at radius 2 is 1.72 bits per heavy atom. The summed E-state index contributed by atoms with van der Waals surface area (Å²) in [5.41, 5.74) is 4.03. The zero-order chi connectivity index (χ0) is 17.8. The van der Waals surface area contributed by atoms with Crippen molar-refractivity contribution < 1.29 is 14.6 Å². The van der Waals surface area contributed by atoms with E-state index in [0.29, 0.717) is 6.42 Å². The number of carbonyl (C=O) groups is 1. The predicted octanol–water partition coefficient (Wildman–Crippen LogP) is 4.93. The summed E-state index contributed by atoms with van der Waals surface area (Å²) in [6.07, 6.45) is 0.574. The van der Waals surface area contributed by atoms with Gasteiger partial charge in [-0.2, -0.15) is 0 Å². The van der Waals surface area contributed by atoms with Crippen LogP contribution in [0.25, 0.3) is 16.9 Å². The van der Waals surface area contributed by atoms with E-state index in [1.807, 2.05) is 60.7 Å². The van der Waals surface area contributed by atoms with Gasteiger partial charge in [0.15, 0.2) is 0 Å². The number of ether oxygens (including phenoxy) is 1. The maximum absolute atomic E-state index is 11.0. The molecule has 0 bridgehead atoms. The fourth-order valence-electron chi connectivity index (χ4n) is 2.79. The van der Waals surface area contributed by atoms with Crippen LogP contribution in [-0.4, -0.2) is 22.8 Å². The monoisotopic (exact) mass is 399 g/mol. The average molecular weight is 400 g/mol. The topological polar surface area (TPSA) is 51.5 Å². The molecule has 0 aliphatic carbocycles. The van der Waals surface area contributed by atoms with E-state index in [2.05, 4.69) is 20.5 Å². The van der Waals surface area contributed by atoms with Gasteiger partial charge in [0.2, 0.25) is 0 Å². The number of aromatic nitrogens is 1. The van der Waals surface area contributed by atoms with Gasteiger partial charge in [-0.25, -0.2) is 0 Å². The Kier molecular flexibility index (Phi) is 5.24. The Balaban J connectivity index is 2.07. The number of benzene rings is 2. The van der Waals surface area contributed by atoms with Crippen molar-refractivity contribution in [3.05, 3.63) is 70.8 Å². The fourth-order valence-corrected chi connectivity index (χ4v) is 3.06. The Labute approximate surface area is 154 Å². The van der Waals surface area contributed by atoms with Gasteiger partial charge in [-0.05, 0) is 72.6 Å². The highest BCUT2D eigenvalue weighted by Gasteiger charge is 2.13. The highest BCUT2D eigenvalue weighted by molar-refractivity contribution is 9.10. The van der Waals surface area contributed by atoms with Gasteiger partial charge in [-0.3, -0.25) is 4.79 Å². The van der Waals surface area contributed by atoms with E-state index in [9.17, 15) is 4.79 Å². The van der Waals surface area contributed by atoms with Gasteiger partial charge in [-0.15, -0.1) is 0 Å². The van der Waals surface area contributed by atoms with Crippen molar-refractivity contribution in [2.45, 2.75) is 12.8 Å². The van der Waals surface area contributed by atoms with E-state index in [1.165, 1.54) is 0 Å². The molecule has 0 saturated heterocycles. The average Bonchev–Trinajstić information content (AvgIpc) is 3.04. The molecule has 0 aliphatic rings. The summed E-state index contributed by atoms with van der Waals surface area (Å²) in [5, 5.41) is 9.02. The Morgan fingerprint density at radius 3 is 2.32 bits per heavy atom. The van der Waals surface area contributed by atoms with Crippen LogP contribution in [0.1, 0.15) is 12.1 Å². The van der Waals surface area contributed by atoms with Crippen LogP contribution in [0.5, 0.6) is 5.75 Å². The molecule has 0 radical (unpaired) electrons. The summed E-state index contributed by atoms with van der Waals surface area (Å²) < 4.78 is 8.34. The quantitative estimate of drug-likeness (QED) is 0.638. The molecule has 0 unspecified atom stereocenters. The number of hydrogen-bond donors (Lipinski definition) is 1. The van der Waals surface area contributed by atoms with Crippen molar-refractivity contribution in [1.29, 1.82) is 0 Å². The van der Waals surface area contributed by atoms with E-state index in [0.717, 1.165) is 32.9 Å². The number of nitrogens with zero attached hydrogens (tertiary/aromatic N) is 1. The number of aryl methyl sites for hydroxylation is 1. The largest absolute Gasteiger partial charge is 0.497 e. The molecule has 25 heavy (non-hydrogen) atoms. The third-order valence-corrected chi connectivity index (χ3v) is 4.56. The SMILES string of the molecule is COc1ccc(-c2ccc(CCC(=O)O)n2-c2ccc(Br)cc2)cc1. The number of rotatable bonds is 6. The lowest BCUT2D eigenvalue weighted by molar-refractivity contribution is -0.136. The molecule has 4 nitrogen and oxygen atoms in total. The summed E-state index contributed by atoms with van der Waals surface area (Å²) in [6.45, 7) is 0. The van der Waals surface area contributed by atoms with Crippen LogP contribution in [0.4, 0.5) is 0 Å². The zero-order valence-corrected chi connectivity index (χ0v) is 15.4. The molecule has 128 valence electrons. The Morgan fingerprint density at radius 1 is 1.04 bits per heavy atom. The van der Waals surface area contributed by atoms with Gasteiger partial charge in [-0.1, -0.05) is 15.9 Å². The van der Waals surface area contributed by atoms with Crippen LogP contribution in [0.3, 0.4) is 0 Å². The molecule has 0 saturated carbocycles. The van der Waals surface area contributed by atoms with Crippen molar-refractivity contribution in [3.63, 3.8) is 0 Å². The highest BCUT2D eigenvalue weighted by atomic mass is 79.9. The standard InChI is InChI=1S/C20H18BrNO3/c1-25-18-10-2-14(3-11-18)19-12-8-17(9-13-20(23)24)22(19)16-6-4-15(21)5-7-16/h2-8,10-12H,9,13H2,1H3,(H,23,24). The summed E-state index contributed by atoms with van der Waals surface area (Å²) in [4.78, 5) is 11.0. The second kappa shape index (κ2) is 7.57. The maximum Gasteiger partial charge on any atom is 0.303 e. The number of carboxylic acids is 1. The molecule has 5 heteroatoms.